The first-order chi connectivity index (χ1) is 6.63. The fraction of sp³-hybridized carbons (Fsp3) is 0.222. The number of nitrogens with one attached hydrogen (secondary N) is 1. The van der Waals surface area contributed by atoms with Crippen molar-refractivity contribution >= 4 is 11.7 Å². The number of aliphatic carboxylic acids is 1. The maximum atomic E-state index is 10.5. The van der Waals surface area contributed by atoms with Crippen molar-refractivity contribution < 1.29 is 20.1 Å². The Kier molecular flexibility index (Phi) is 3.30. The first kappa shape index (κ1) is 10.3. The Hall–Kier alpha value is -1.75. The second-order valence-electron chi connectivity index (χ2n) is 2.76. The van der Waals surface area contributed by atoms with Gasteiger partial charge in [-0.1, -0.05) is 0 Å². The van der Waals surface area contributed by atoms with Crippen molar-refractivity contribution in [1.82, 2.24) is 0 Å². The highest BCUT2D eigenvalue weighted by Gasteiger charge is 2.14. The molecule has 0 aromatic heterocycles. The molecule has 76 valence electrons. The van der Waals surface area contributed by atoms with E-state index < -0.39 is 18.6 Å². The molecule has 0 amide bonds. The molecule has 5 heteroatoms. The van der Waals surface area contributed by atoms with Gasteiger partial charge in [-0.2, -0.15) is 0 Å². The first-order valence-electron chi connectivity index (χ1n) is 4.02. The molecule has 0 fully saturated rings. The van der Waals surface area contributed by atoms with Gasteiger partial charge in [0.15, 0.2) is 0 Å². The summed E-state index contributed by atoms with van der Waals surface area (Å²) in [6, 6.07) is 4.89. The molecule has 0 aliphatic rings. The Balaban J connectivity index is 2.67. The van der Waals surface area contributed by atoms with Crippen molar-refractivity contribution in [1.29, 1.82) is 0 Å². The van der Waals surface area contributed by atoms with E-state index in [0.717, 1.165) is 0 Å². The Bertz CT molecular complexity index is 309. The van der Waals surface area contributed by atoms with Crippen LogP contribution in [0.25, 0.3) is 0 Å². The lowest BCUT2D eigenvalue weighted by atomic mass is 10.2. The summed E-state index contributed by atoms with van der Waals surface area (Å²) in [7, 11) is 0. The van der Waals surface area contributed by atoms with Crippen LogP contribution >= 0.6 is 0 Å². The third-order valence-electron chi connectivity index (χ3n) is 1.69. The number of aliphatic hydroxyl groups excluding tert-OH is 1. The number of carboxylic acid groups (broad SMARTS) is 1. The standard InChI is InChI=1S/C9H11NO4/c11-5-8(9(13)14)10-6-1-3-7(12)4-2-6/h1-4,8,10-12H,5H2,(H,13,14). The van der Waals surface area contributed by atoms with E-state index in [-0.39, 0.29) is 5.75 Å². The van der Waals surface area contributed by atoms with Crippen LogP contribution in [0.1, 0.15) is 0 Å². The quantitative estimate of drug-likeness (QED) is 0.519. The molecule has 0 spiro atoms. The maximum Gasteiger partial charge on any atom is 0.328 e. The smallest absolute Gasteiger partial charge is 0.328 e. The molecule has 14 heavy (non-hydrogen) atoms. The molecule has 0 aliphatic heterocycles. The predicted octanol–water partition coefficient (Wildman–Crippen LogP) is 0.250. The second-order valence-corrected chi connectivity index (χ2v) is 2.76. The number of hydrogen-bond acceptors (Lipinski definition) is 4. The van der Waals surface area contributed by atoms with Crippen LogP contribution in [0.15, 0.2) is 24.3 Å². The average Bonchev–Trinajstić information content (AvgIpc) is 2.16. The number of aromatic hydroxyl groups is 1. The average molecular weight is 197 g/mol. The van der Waals surface area contributed by atoms with Gasteiger partial charge in [0.25, 0.3) is 0 Å². The molecule has 5 nitrogen and oxygen atoms in total. The van der Waals surface area contributed by atoms with E-state index in [1.807, 2.05) is 0 Å². The van der Waals surface area contributed by atoms with E-state index >= 15 is 0 Å². The number of rotatable bonds is 4. The van der Waals surface area contributed by atoms with E-state index in [1.165, 1.54) is 24.3 Å². The molecule has 0 heterocycles. The summed E-state index contributed by atoms with van der Waals surface area (Å²) in [5.74, 6) is -1.02. The molecular weight excluding hydrogens is 186 g/mol. The number of carboxylic acids is 1. The van der Waals surface area contributed by atoms with Crippen LogP contribution < -0.4 is 5.32 Å². The summed E-state index contributed by atoms with van der Waals surface area (Å²) < 4.78 is 0. The number of phenolic OH excluding ortho intramolecular Hbond substituents is 1. The topological polar surface area (TPSA) is 89.8 Å². The zero-order valence-corrected chi connectivity index (χ0v) is 7.34. The number of aliphatic hydroxyl groups is 1. The largest absolute Gasteiger partial charge is 0.508 e. The number of benzene rings is 1. The molecule has 1 aromatic rings. The van der Waals surface area contributed by atoms with Gasteiger partial charge < -0.3 is 20.6 Å². The van der Waals surface area contributed by atoms with Crippen LogP contribution in [0.4, 0.5) is 5.69 Å². The number of hydrogen-bond donors (Lipinski definition) is 4. The molecule has 0 aliphatic carbocycles. The molecule has 0 bridgehead atoms. The van der Waals surface area contributed by atoms with E-state index in [9.17, 15) is 4.79 Å². The van der Waals surface area contributed by atoms with E-state index in [0.29, 0.717) is 5.69 Å². The molecule has 4 N–H and O–H groups in total. The Morgan fingerprint density at radius 3 is 2.36 bits per heavy atom. The van der Waals surface area contributed by atoms with Gasteiger partial charge in [0.05, 0.1) is 6.61 Å². The summed E-state index contributed by atoms with van der Waals surface area (Å²) in [6.45, 7) is -0.490. The van der Waals surface area contributed by atoms with Gasteiger partial charge in [-0.3, -0.25) is 0 Å². The molecule has 1 rings (SSSR count). The highest BCUT2D eigenvalue weighted by Crippen LogP contribution is 2.14. The minimum absolute atomic E-state index is 0.103. The fourth-order valence-electron chi connectivity index (χ4n) is 0.944. The zero-order valence-electron chi connectivity index (χ0n) is 7.34. The molecule has 0 saturated carbocycles. The molecule has 1 atom stereocenters. The van der Waals surface area contributed by atoms with Crippen LogP contribution in [-0.2, 0) is 4.79 Å². The summed E-state index contributed by atoms with van der Waals surface area (Å²) in [5.41, 5.74) is 0.532. The molecule has 0 radical (unpaired) electrons. The lowest BCUT2D eigenvalue weighted by molar-refractivity contribution is -0.138. The van der Waals surface area contributed by atoms with Crippen molar-refractivity contribution in [3.05, 3.63) is 24.3 Å². The minimum atomic E-state index is -1.12. The minimum Gasteiger partial charge on any atom is -0.508 e. The van der Waals surface area contributed by atoms with E-state index in [2.05, 4.69) is 5.32 Å². The summed E-state index contributed by atoms with van der Waals surface area (Å²) >= 11 is 0. The number of carbonyl (C=O) groups is 1. The zero-order chi connectivity index (χ0) is 10.6. The normalized spacial score (nSPS) is 12.1. The van der Waals surface area contributed by atoms with Gasteiger partial charge in [0.2, 0.25) is 0 Å². The Morgan fingerprint density at radius 1 is 1.36 bits per heavy atom. The molecular formula is C9H11NO4. The third kappa shape index (κ3) is 2.63. The van der Waals surface area contributed by atoms with Crippen LogP contribution in [0, 0.1) is 0 Å². The van der Waals surface area contributed by atoms with Crippen molar-refractivity contribution in [3.8, 4) is 5.75 Å². The lowest BCUT2D eigenvalue weighted by Crippen LogP contribution is -2.32. The van der Waals surface area contributed by atoms with E-state index in [4.69, 9.17) is 15.3 Å². The summed E-state index contributed by atoms with van der Waals surface area (Å²) in [6.07, 6.45) is 0. The number of phenols is 1. The van der Waals surface area contributed by atoms with E-state index in [1.54, 1.807) is 0 Å². The van der Waals surface area contributed by atoms with Gasteiger partial charge in [0, 0.05) is 5.69 Å². The molecule has 1 unspecified atom stereocenters. The lowest BCUT2D eigenvalue weighted by Gasteiger charge is -2.12. The van der Waals surface area contributed by atoms with Gasteiger partial charge >= 0.3 is 5.97 Å². The monoisotopic (exact) mass is 197 g/mol. The number of anilines is 1. The Labute approximate surface area is 80.6 Å². The SMILES string of the molecule is O=C(O)C(CO)Nc1ccc(O)cc1. The van der Waals surface area contributed by atoms with Crippen LogP contribution in [0.5, 0.6) is 5.75 Å². The summed E-state index contributed by atoms with van der Waals surface area (Å²) in [5, 5.41) is 28.9. The molecule has 1 aromatic carbocycles. The van der Waals surface area contributed by atoms with Crippen LogP contribution in [-0.4, -0.2) is 33.9 Å². The van der Waals surface area contributed by atoms with Crippen molar-refractivity contribution in [3.63, 3.8) is 0 Å². The molecule has 0 saturated heterocycles. The summed E-state index contributed by atoms with van der Waals surface area (Å²) in [4.78, 5) is 10.5. The van der Waals surface area contributed by atoms with Crippen molar-refractivity contribution in [2.45, 2.75) is 6.04 Å². The highest BCUT2D eigenvalue weighted by atomic mass is 16.4. The van der Waals surface area contributed by atoms with Gasteiger partial charge in [0.1, 0.15) is 11.8 Å². The highest BCUT2D eigenvalue weighted by molar-refractivity contribution is 5.77. The van der Waals surface area contributed by atoms with Crippen molar-refractivity contribution in [2.75, 3.05) is 11.9 Å². The predicted molar refractivity (Wildman–Crippen MR) is 50.2 cm³/mol. The van der Waals surface area contributed by atoms with Crippen LogP contribution in [0.3, 0.4) is 0 Å². The maximum absolute atomic E-state index is 10.5. The third-order valence-corrected chi connectivity index (χ3v) is 1.69. The Morgan fingerprint density at radius 2 is 1.93 bits per heavy atom. The van der Waals surface area contributed by atoms with Crippen LogP contribution in [0.2, 0.25) is 0 Å². The second kappa shape index (κ2) is 4.48. The van der Waals surface area contributed by atoms with Gasteiger partial charge in [-0.15, -0.1) is 0 Å². The van der Waals surface area contributed by atoms with Gasteiger partial charge in [-0.25, -0.2) is 4.79 Å². The fourth-order valence-corrected chi connectivity index (χ4v) is 0.944. The van der Waals surface area contributed by atoms with Crippen molar-refractivity contribution in [2.24, 2.45) is 0 Å². The first-order valence-corrected chi connectivity index (χ1v) is 4.02. The van der Waals surface area contributed by atoms with Gasteiger partial charge in [-0.05, 0) is 24.3 Å².